The van der Waals surface area contributed by atoms with Gasteiger partial charge in [0, 0.05) is 58.2 Å². The summed E-state index contributed by atoms with van der Waals surface area (Å²) in [7, 11) is 0. The molecule has 0 unspecified atom stereocenters. The number of hydrogen-bond donors (Lipinski definition) is 0. The SMILES string of the molecule is [C-]#[N+]C1=C(c2cnc(F)nc2)/C(=C(/C#N)[N+]#[C-])c2c(C#N)c3c(c(C#N)c21)/C(=C(/C#N)[N+]#[C-])C(c1cnc(F)nc1)=C3C#N. The number of benzene rings is 1. The van der Waals surface area contributed by atoms with E-state index in [2.05, 4.69) is 34.5 Å². The van der Waals surface area contributed by atoms with Crippen molar-refractivity contribution in [1.82, 2.24) is 19.9 Å². The van der Waals surface area contributed by atoms with Crippen molar-refractivity contribution >= 4 is 33.6 Å². The minimum absolute atomic E-state index is 0.0252. The zero-order valence-corrected chi connectivity index (χ0v) is 21.4. The van der Waals surface area contributed by atoms with E-state index in [-0.39, 0.29) is 78.1 Å². The van der Waals surface area contributed by atoms with Crippen LogP contribution in [-0.2, 0) is 0 Å². The first-order valence-corrected chi connectivity index (χ1v) is 11.7. The number of nitrogens with zero attached hydrogens (tertiary/aromatic N) is 12. The molecule has 0 N–H and O–H groups in total. The summed E-state index contributed by atoms with van der Waals surface area (Å²) in [5.41, 5.74) is -4.36. The molecule has 0 aliphatic heterocycles. The number of fused-ring (bicyclic) bond motifs is 2. The number of nitriles is 5. The lowest BCUT2D eigenvalue weighted by Gasteiger charge is -2.16. The molecule has 0 bridgehead atoms. The highest BCUT2D eigenvalue weighted by atomic mass is 19.1. The number of rotatable bonds is 2. The Morgan fingerprint density at radius 2 is 1.05 bits per heavy atom. The molecule has 2 aromatic heterocycles. The standard InChI is InChI=1S/C30H4F2N12/c1-38-18(7-36)26-20(13-9-41-29(31)42-10-13)15(4-33)22-16(5-34)24-25(17(6-35)23(22)26)28(40-3)21(27(24)19(8-37)39-2)14-11-43-30(32)44-12-14/h9-12H/b26-18-,27-19+. The van der Waals surface area contributed by atoms with Gasteiger partial charge in [0.15, 0.2) is 0 Å². The summed E-state index contributed by atoms with van der Waals surface area (Å²) in [6.45, 7) is 23.3. The molecule has 0 spiro atoms. The van der Waals surface area contributed by atoms with Gasteiger partial charge in [0.25, 0.3) is 11.4 Å². The van der Waals surface area contributed by atoms with Crippen LogP contribution in [0.3, 0.4) is 0 Å². The third-order valence-electron chi connectivity index (χ3n) is 6.65. The smallest absolute Gasteiger partial charge is 0.237 e. The summed E-state index contributed by atoms with van der Waals surface area (Å²) >= 11 is 0. The normalized spacial score (nSPS) is 14.8. The third-order valence-corrected chi connectivity index (χ3v) is 6.65. The van der Waals surface area contributed by atoms with Crippen molar-refractivity contribution < 1.29 is 8.78 Å². The second-order valence-electron chi connectivity index (χ2n) is 8.55. The van der Waals surface area contributed by atoms with Crippen LogP contribution in [0.25, 0.3) is 48.1 Å². The fourth-order valence-corrected chi connectivity index (χ4v) is 5.13. The summed E-state index contributed by atoms with van der Waals surface area (Å²) in [6, 6.07) is 9.24. The predicted octanol–water partition coefficient (Wildman–Crippen LogP) is 4.85. The first-order valence-electron chi connectivity index (χ1n) is 11.7. The monoisotopic (exact) mass is 570 g/mol. The molecule has 5 rings (SSSR count). The topological polar surface area (TPSA) is 184 Å². The van der Waals surface area contributed by atoms with Gasteiger partial charge < -0.3 is 0 Å². The Kier molecular flexibility index (Phi) is 6.66. The Bertz CT molecular complexity index is 2150. The molecule has 14 heteroatoms. The molecular formula is C30H4F2N12. The van der Waals surface area contributed by atoms with Crippen LogP contribution in [0.4, 0.5) is 8.78 Å². The first kappa shape index (κ1) is 27.7. The Hall–Kier alpha value is -7.88. The van der Waals surface area contributed by atoms with Crippen molar-refractivity contribution in [2.75, 3.05) is 0 Å². The first-order chi connectivity index (χ1) is 21.3. The molecule has 0 radical (unpaired) electrons. The summed E-state index contributed by atoms with van der Waals surface area (Å²) < 4.78 is 27.3. The van der Waals surface area contributed by atoms with Crippen LogP contribution < -0.4 is 0 Å². The molecule has 2 heterocycles. The highest BCUT2D eigenvalue weighted by molar-refractivity contribution is 6.31. The zero-order valence-electron chi connectivity index (χ0n) is 21.4. The van der Waals surface area contributed by atoms with Crippen LogP contribution in [-0.4, -0.2) is 19.9 Å². The fourth-order valence-electron chi connectivity index (χ4n) is 5.13. The van der Waals surface area contributed by atoms with E-state index in [9.17, 15) is 35.1 Å². The lowest BCUT2D eigenvalue weighted by Crippen LogP contribution is -2.04. The van der Waals surface area contributed by atoms with Gasteiger partial charge in [0.05, 0.1) is 54.6 Å². The Morgan fingerprint density at radius 3 is 1.45 bits per heavy atom. The Labute approximate surface area is 246 Å². The minimum Gasteiger partial charge on any atom is -0.237 e. The van der Waals surface area contributed by atoms with Gasteiger partial charge in [-0.2, -0.15) is 24.6 Å². The summed E-state index contributed by atoms with van der Waals surface area (Å²) in [5.74, 6) is 0. The molecule has 0 saturated heterocycles. The zero-order chi connectivity index (χ0) is 31.7. The average molecular weight is 570 g/mol. The number of hydrogen-bond acceptors (Lipinski definition) is 9. The second kappa shape index (κ2) is 10.6. The Balaban J connectivity index is 2.11. The summed E-state index contributed by atoms with van der Waals surface area (Å²) in [4.78, 5) is 24.0. The minimum atomic E-state index is -1.11. The van der Waals surface area contributed by atoms with E-state index in [0.717, 1.165) is 24.8 Å². The molecule has 2 aliphatic rings. The lowest BCUT2D eigenvalue weighted by atomic mass is 9.84. The van der Waals surface area contributed by atoms with E-state index in [1.165, 1.54) is 0 Å². The second-order valence-corrected chi connectivity index (χ2v) is 8.55. The highest BCUT2D eigenvalue weighted by Gasteiger charge is 2.43. The van der Waals surface area contributed by atoms with E-state index >= 15 is 0 Å². The maximum Gasteiger partial charge on any atom is 0.308 e. The molecule has 1 aromatic carbocycles. The average Bonchev–Trinajstić information content (AvgIpc) is 3.56. The maximum absolute atomic E-state index is 13.6. The number of allylic oxidation sites excluding steroid dienone is 7. The Morgan fingerprint density at radius 1 is 0.614 bits per heavy atom. The largest absolute Gasteiger partial charge is 0.308 e. The van der Waals surface area contributed by atoms with Crippen molar-refractivity contribution in [3.05, 3.63) is 127 Å². The maximum atomic E-state index is 13.6. The van der Waals surface area contributed by atoms with Gasteiger partial charge in [0.2, 0.25) is 5.70 Å². The quantitative estimate of drug-likeness (QED) is 0.236. The molecule has 0 fully saturated rings. The lowest BCUT2D eigenvalue weighted by molar-refractivity contribution is 0.537. The number of aromatic nitrogens is 4. The van der Waals surface area contributed by atoms with E-state index in [4.69, 9.17) is 19.7 Å². The van der Waals surface area contributed by atoms with Crippen LogP contribution in [0.2, 0.25) is 0 Å². The van der Waals surface area contributed by atoms with Crippen molar-refractivity contribution in [2.24, 2.45) is 0 Å². The van der Waals surface area contributed by atoms with Crippen molar-refractivity contribution in [2.45, 2.75) is 0 Å². The molecule has 2 aliphatic carbocycles. The summed E-state index contributed by atoms with van der Waals surface area (Å²) in [5, 5.41) is 51.3. The van der Waals surface area contributed by atoms with Gasteiger partial charge in [-0.1, -0.05) is 0 Å². The van der Waals surface area contributed by atoms with E-state index in [0.29, 0.717) is 0 Å². The third kappa shape index (κ3) is 3.73. The van der Waals surface area contributed by atoms with Crippen LogP contribution in [0.5, 0.6) is 0 Å². The van der Waals surface area contributed by atoms with Gasteiger partial charge in [0.1, 0.15) is 12.1 Å². The van der Waals surface area contributed by atoms with Crippen LogP contribution >= 0.6 is 0 Å². The fraction of sp³-hybridized carbons (Fsp3) is 0. The van der Waals surface area contributed by atoms with E-state index in [1.807, 2.05) is 18.2 Å². The van der Waals surface area contributed by atoms with Crippen molar-refractivity contribution in [1.29, 1.82) is 26.3 Å². The van der Waals surface area contributed by atoms with Crippen LogP contribution in [0, 0.1) is 88.5 Å². The van der Waals surface area contributed by atoms with Gasteiger partial charge in [-0.3, -0.25) is 0 Å². The molecule has 0 saturated carbocycles. The molecule has 198 valence electrons. The van der Waals surface area contributed by atoms with Crippen LogP contribution in [0.15, 0.2) is 36.2 Å². The van der Waals surface area contributed by atoms with E-state index < -0.39 is 23.6 Å². The molecule has 44 heavy (non-hydrogen) atoms. The van der Waals surface area contributed by atoms with Crippen molar-refractivity contribution in [3.8, 4) is 30.3 Å². The van der Waals surface area contributed by atoms with E-state index in [1.54, 1.807) is 12.1 Å². The van der Waals surface area contributed by atoms with Crippen molar-refractivity contribution in [3.63, 3.8) is 0 Å². The molecule has 3 aromatic rings. The van der Waals surface area contributed by atoms with Gasteiger partial charge in [-0.05, 0) is 22.3 Å². The molecular weight excluding hydrogens is 566 g/mol. The predicted molar refractivity (Wildman–Crippen MR) is 144 cm³/mol. The molecule has 0 atom stereocenters. The van der Waals surface area contributed by atoms with Gasteiger partial charge >= 0.3 is 12.2 Å². The highest BCUT2D eigenvalue weighted by Crippen LogP contribution is 2.58. The van der Waals surface area contributed by atoms with Crippen LogP contribution in [0.1, 0.15) is 44.5 Å². The number of halogens is 2. The van der Waals surface area contributed by atoms with Gasteiger partial charge in [-0.25, -0.2) is 45.0 Å². The van der Waals surface area contributed by atoms with Gasteiger partial charge in [-0.15, -0.1) is 0 Å². The molecule has 0 amide bonds. The molecule has 12 nitrogen and oxygen atoms in total. The summed E-state index contributed by atoms with van der Waals surface area (Å²) in [6.07, 6.45) is 1.73.